The van der Waals surface area contributed by atoms with E-state index in [0.717, 1.165) is 38.5 Å². The number of nitrogens with one attached hydrogen (secondary N) is 1. The van der Waals surface area contributed by atoms with Crippen molar-refractivity contribution in [2.75, 3.05) is 26.2 Å². The highest BCUT2D eigenvalue weighted by molar-refractivity contribution is 5.85. The van der Waals surface area contributed by atoms with Gasteiger partial charge in [0.25, 0.3) is 0 Å². The van der Waals surface area contributed by atoms with Crippen LogP contribution in [-0.2, 0) is 4.79 Å². The van der Waals surface area contributed by atoms with Crippen molar-refractivity contribution in [2.45, 2.75) is 46.0 Å². The molecular formula is C16H29ClN2O. The molecule has 3 fully saturated rings. The van der Waals surface area contributed by atoms with Crippen molar-refractivity contribution < 1.29 is 4.79 Å². The van der Waals surface area contributed by atoms with E-state index in [4.69, 9.17) is 0 Å². The summed E-state index contributed by atoms with van der Waals surface area (Å²) in [6.45, 7) is 8.57. The predicted octanol–water partition coefficient (Wildman–Crippen LogP) is 2.69. The summed E-state index contributed by atoms with van der Waals surface area (Å²) in [5.41, 5.74) is -0.0376. The highest BCUT2D eigenvalue weighted by atomic mass is 35.5. The van der Waals surface area contributed by atoms with E-state index in [-0.39, 0.29) is 17.8 Å². The van der Waals surface area contributed by atoms with Crippen molar-refractivity contribution in [1.82, 2.24) is 10.2 Å². The van der Waals surface area contributed by atoms with Crippen LogP contribution in [0.1, 0.15) is 46.0 Å². The Hall–Kier alpha value is -0.280. The van der Waals surface area contributed by atoms with Gasteiger partial charge >= 0.3 is 0 Å². The molecular weight excluding hydrogens is 272 g/mol. The Kier molecular flexibility index (Phi) is 5.01. The smallest absolute Gasteiger partial charge is 0.230 e. The number of hydrogen-bond donors (Lipinski definition) is 1. The van der Waals surface area contributed by atoms with Gasteiger partial charge in [0.1, 0.15) is 0 Å². The molecule has 3 rings (SSSR count). The molecule has 0 bridgehead atoms. The summed E-state index contributed by atoms with van der Waals surface area (Å²) in [6.07, 6.45) is 6.13. The molecule has 116 valence electrons. The monoisotopic (exact) mass is 300 g/mol. The van der Waals surface area contributed by atoms with Crippen LogP contribution < -0.4 is 5.32 Å². The second kappa shape index (κ2) is 6.23. The summed E-state index contributed by atoms with van der Waals surface area (Å²) in [5.74, 6) is 2.51. The summed E-state index contributed by atoms with van der Waals surface area (Å²) >= 11 is 0. The topological polar surface area (TPSA) is 32.3 Å². The Bertz CT molecular complexity index is 360. The molecule has 4 heteroatoms. The molecule has 1 unspecified atom stereocenters. The molecule has 3 aliphatic rings. The van der Waals surface area contributed by atoms with E-state index in [9.17, 15) is 4.79 Å². The number of halogens is 1. The van der Waals surface area contributed by atoms with Crippen LogP contribution in [0.3, 0.4) is 0 Å². The summed E-state index contributed by atoms with van der Waals surface area (Å²) < 4.78 is 0. The van der Waals surface area contributed by atoms with Gasteiger partial charge in [0.2, 0.25) is 5.91 Å². The van der Waals surface area contributed by atoms with Crippen molar-refractivity contribution in [3.8, 4) is 0 Å². The minimum Gasteiger partial charge on any atom is -0.342 e. The first-order valence-corrected chi connectivity index (χ1v) is 8.13. The fraction of sp³-hybridized carbons (Fsp3) is 0.938. The minimum atomic E-state index is -0.0376. The van der Waals surface area contributed by atoms with Gasteiger partial charge in [0, 0.05) is 19.6 Å². The number of carbonyl (C=O) groups excluding carboxylic acids is 1. The lowest BCUT2D eigenvalue weighted by Gasteiger charge is -2.40. The quantitative estimate of drug-likeness (QED) is 0.850. The Morgan fingerprint density at radius 1 is 1.30 bits per heavy atom. The highest BCUT2D eigenvalue weighted by Gasteiger charge is 2.52. The van der Waals surface area contributed by atoms with Crippen LogP contribution in [0.2, 0.25) is 0 Å². The number of likely N-dealkylation sites (tertiary alicyclic amines) is 1. The number of carbonyl (C=O) groups is 1. The zero-order valence-electron chi connectivity index (χ0n) is 12.9. The maximum atomic E-state index is 13.1. The van der Waals surface area contributed by atoms with Gasteiger partial charge in [-0.05, 0) is 43.6 Å². The zero-order chi connectivity index (χ0) is 13.5. The lowest BCUT2D eigenvalue weighted by atomic mass is 9.67. The molecule has 1 amide bonds. The summed E-state index contributed by atoms with van der Waals surface area (Å²) in [5, 5.41) is 3.50. The van der Waals surface area contributed by atoms with E-state index in [0.29, 0.717) is 17.7 Å². The van der Waals surface area contributed by atoms with Gasteiger partial charge in [0.05, 0.1) is 5.41 Å². The average molecular weight is 301 g/mol. The van der Waals surface area contributed by atoms with Crippen molar-refractivity contribution in [3.63, 3.8) is 0 Å². The van der Waals surface area contributed by atoms with Crippen molar-refractivity contribution in [2.24, 2.45) is 23.2 Å². The standard InChI is InChI=1S/C16H28N2O.ClH/c1-12(2)13-6-8-18(10-13)15(19)16-7-4-3-5-14(16)9-17-11-16;/h12-14,17H,3-11H2,1-2H3;1H/t13?,14-,16+;/m0./s1. The lowest BCUT2D eigenvalue weighted by molar-refractivity contribution is -0.144. The van der Waals surface area contributed by atoms with Gasteiger partial charge in [0.15, 0.2) is 0 Å². The molecule has 0 aromatic rings. The third-order valence-electron chi connectivity index (χ3n) is 5.92. The first kappa shape index (κ1) is 16.1. The van der Waals surface area contributed by atoms with Crippen LogP contribution in [0.4, 0.5) is 0 Å². The molecule has 2 heterocycles. The summed E-state index contributed by atoms with van der Waals surface area (Å²) in [4.78, 5) is 15.2. The summed E-state index contributed by atoms with van der Waals surface area (Å²) in [6, 6.07) is 0. The Balaban J connectivity index is 0.00000147. The van der Waals surface area contributed by atoms with Crippen LogP contribution in [0.5, 0.6) is 0 Å². The van der Waals surface area contributed by atoms with E-state index in [1.165, 1.54) is 25.7 Å². The van der Waals surface area contributed by atoms with Gasteiger partial charge < -0.3 is 10.2 Å². The molecule has 0 spiro atoms. The van der Waals surface area contributed by atoms with E-state index in [2.05, 4.69) is 24.1 Å². The molecule has 20 heavy (non-hydrogen) atoms. The van der Waals surface area contributed by atoms with Crippen LogP contribution in [-0.4, -0.2) is 37.0 Å². The van der Waals surface area contributed by atoms with E-state index in [1.54, 1.807) is 0 Å². The molecule has 2 saturated heterocycles. The van der Waals surface area contributed by atoms with E-state index < -0.39 is 0 Å². The number of hydrogen-bond acceptors (Lipinski definition) is 2. The predicted molar refractivity (Wildman–Crippen MR) is 84.0 cm³/mol. The second-order valence-electron chi connectivity index (χ2n) is 7.27. The minimum absolute atomic E-state index is 0. The fourth-order valence-corrected chi connectivity index (χ4v) is 4.50. The third-order valence-corrected chi connectivity index (χ3v) is 5.92. The molecule has 1 N–H and O–H groups in total. The average Bonchev–Trinajstić information content (AvgIpc) is 3.05. The molecule has 3 nitrogen and oxygen atoms in total. The molecule has 3 atom stereocenters. The van der Waals surface area contributed by atoms with Crippen LogP contribution in [0.25, 0.3) is 0 Å². The van der Waals surface area contributed by atoms with Gasteiger partial charge in [-0.1, -0.05) is 26.7 Å². The number of amides is 1. The number of rotatable bonds is 2. The van der Waals surface area contributed by atoms with E-state index in [1.807, 2.05) is 0 Å². The Morgan fingerprint density at radius 3 is 2.80 bits per heavy atom. The Morgan fingerprint density at radius 2 is 2.10 bits per heavy atom. The van der Waals surface area contributed by atoms with Crippen molar-refractivity contribution >= 4 is 18.3 Å². The lowest BCUT2D eigenvalue weighted by Crippen LogP contribution is -2.49. The fourth-order valence-electron chi connectivity index (χ4n) is 4.50. The third kappa shape index (κ3) is 2.59. The SMILES string of the molecule is CC(C)C1CCN(C(=O)[C@@]23CCCC[C@H]2CNC3)C1.Cl. The van der Waals surface area contributed by atoms with Gasteiger partial charge in [-0.2, -0.15) is 0 Å². The van der Waals surface area contributed by atoms with Gasteiger partial charge in [-0.3, -0.25) is 4.79 Å². The van der Waals surface area contributed by atoms with Gasteiger partial charge in [-0.15, -0.1) is 12.4 Å². The second-order valence-corrected chi connectivity index (χ2v) is 7.27. The maximum Gasteiger partial charge on any atom is 0.230 e. The first-order valence-electron chi connectivity index (χ1n) is 8.13. The van der Waals surface area contributed by atoms with Crippen LogP contribution in [0, 0.1) is 23.2 Å². The molecule has 1 saturated carbocycles. The van der Waals surface area contributed by atoms with Crippen molar-refractivity contribution in [3.05, 3.63) is 0 Å². The van der Waals surface area contributed by atoms with Gasteiger partial charge in [-0.25, -0.2) is 0 Å². The molecule has 2 aliphatic heterocycles. The zero-order valence-corrected chi connectivity index (χ0v) is 13.7. The van der Waals surface area contributed by atoms with Crippen molar-refractivity contribution in [1.29, 1.82) is 0 Å². The summed E-state index contributed by atoms with van der Waals surface area (Å²) in [7, 11) is 0. The first-order chi connectivity index (χ1) is 9.13. The number of nitrogens with zero attached hydrogens (tertiary/aromatic N) is 1. The van der Waals surface area contributed by atoms with Crippen LogP contribution >= 0.6 is 12.4 Å². The molecule has 0 aromatic heterocycles. The van der Waals surface area contributed by atoms with E-state index >= 15 is 0 Å². The highest BCUT2D eigenvalue weighted by Crippen LogP contribution is 2.45. The largest absolute Gasteiger partial charge is 0.342 e. The molecule has 0 aromatic carbocycles. The normalized spacial score (nSPS) is 36.9. The maximum absolute atomic E-state index is 13.1. The molecule has 0 radical (unpaired) electrons. The van der Waals surface area contributed by atoms with Crippen LogP contribution in [0.15, 0.2) is 0 Å². The Labute approximate surface area is 129 Å². The molecule has 1 aliphatic carbocycles. The number of fused-ring (bicyclic) bond motifs is 1.